The maximum Gasteiger partial charge on any atom is 0.323 e. The lowest BCUT2D eigenvalue weighted by atomic mass is 9.79. The molecule has 22 heavy (non-hydrogen) atoms. The summed E-state index contributed by atoms with van der Waals surface area (Å²) < 4.78 is 10.1. The van der Waals surface area contributed by atoms with Crippen molar-refractivity contribution in [1.82, 2.24) is 0 Å². The first-order chi connectivity index (χ1) is 10.3. The molecule has 116 valence electrons. The van der Waals surface area contributed by atoms with E-state index in [2.05, 4.69) is 4.74 Å². The molecule has 0 aliphatic carbocycles. The largest absolute Gasteiger partial charge is 0.468 e. The fourth-order valence-electron chi connectivity index (χ4n) is 2.58. The van der Waals surface area contributed by atoms with Crippen molar-refractivity contribution in [3.63, 3.8) is 0 Å². The third-order valence-corrected chi connectivity index (χ3v) is 3.76. The van der Waals surface area contributed by atoms with Crippen molar-refractivity contribution in [2.24, 2.45) is 5.92 Å². The summed E-state index contributed by atoms with van der Waals surface area (Å²) in [6.45, 7) is 2.34. The normalized spacial score (nSPS) is 20.9. The van der Waals surface area contributed by atoms with Crippen LogP contribution in [0, 0.1) is 5.92 Å². The van der Waals surface area contributed by atoms with Crippen LogP contribution in [-0.4, -0.2) is 30.4 Å². The molecule has 2 bridgehead atoms. The molecule has 1 aromatic rings. The summed E-state index contributed by atoms with van der Waals surface area (Å²) in [7, 11) is 1.08. The van der Waals surface area contributed by atoms with E-state index in [0.29, 0.717) is 5.56 Å². The molecule has 2 aliphatic heterocycles. The number of rotatable bonds is 5. The Morgan fingerprint density at radius 1 is 1.14 bits per heavy atom. The van der Waals surface area contributed by atoms with E-state index >= 15 is 0 Å². The van der Waals surface area contributed by atoms with Crippen molar-refractivity contribution in [2.45, 2.75) is 26.1 Å². The van der Waals surface area contributed by atoms with Gasteiger partial charge < -0.3 is 9.47 Å². The minimum absolute atomic E-state index is 0.0353. The quantitative estimate of drug-likeness (QED) is 0.594. The molecule has 2 atom stereocenters. The number of fused-ring (bicyclic) bond motifs is 4. The van der Waals surface area contributed by atoms with Gasteiger partial charge >= 0.3 is 5.97 Å². The Kier molecular flexibility index (Phi) is 4.23. The molecule has 0 N–H and O–H groups in total. The lowest BCUT2D eigenvalue weighted by molar-refractivity contribution is -0.168. The summed E-state index contributed by atoms with van der Waals surface area (Å²) in [4.78, 5) is 48.7. The van der Waals surface area contributed by atoms with E-state index in [-0.39, 0.29) is 6.61 Å². The summed E-state index contributed by atoms with van der Waals surface area (Å²) >= 11 is 0. The van der Waals surface area contributed by atoms with Gasteiger partial charge in [-0.25, -0.2) is 0 Å². The monoisotopic (exact) mass is 304 g/mol. The maximum absolute atomic E-state index is 12.9. The molecule has 0 saturated carbocycles. The second-order valence-electron chi connectivity index (χ2n) is 5.15. The lowest BCUT2D eigenvalue weighted by Gasteiger charge is -2.30. The maximum atomic E-state index is 12.9. The third-order valence-electron chi connectivity index (χ3n) is 3.76. The highest BCUT2D eigenvalue weighted by molar-refractivity contribution is 6.25. The molecular weight excluding hydrogens is 288 g/mol. The van der Waals surface area contributed by atoms with Gasteiger partial charge in [-0.05, 0) is 25.0 Å². The van der Waals surface area contributed by atoms with Crippen LogP contribution in [0.25, 0.3) is 0 Å². The number of ether oxygens (including phenoxy) is 2. The zero-order valence-electron chi connectivity index (χ0n) is 12.5. The van der Waals surface area contributed by atoms with Crippen LogP contribution in [0.5, 0.6) is 0 Å². The highest BCUT2D eigenvalue weighted by Gasteiger charge is 2.53. The second-order valence-corrected chi connectivity index (χ2v) is 5.15. The molecule has 0 saturated heterocycles. The number of carbonyl (C=O) groups excluding carboxylic acids is 4. The number of hydrogen-bond acceptors (Lipinski definition) is 6. The van der Waals surface area contributed by atoms with Gasteiger partial charge in [0.2, 0.25) is 5.60 Å². The van der Waals surface area contributed by atoms with Crippen molar-refractivity contribution in [3.05, 3.63) is 35.4 Å². The number of Topliss-reactive ketones (excluding diaryl/α,β-unsaturated/α-hetero) is 3. The van der Waals surface area contributed by atoms with Gasteiger partial charge in [0.15, 0.2) is 23.3 Å². The molecule has 0 amide bonds. The van der Waals surface area contributed by atoms with Crippen LogP contribution in [0.1, 0.15) is 25.0 Å². The topological polar surface area (TPSA) is 86.7 Å². The van der Waals surface area contributed by atoms with Gasteiger partial charge in [0, 0.05) is 0 Å². The van der Waals surface area contributed by atoms with Crippen molar-refractivity contribution < 1.29 is 28.7 Å². The standard InChI is InChI=1S/C16H16O6/c1-9(17)13(15(20)21-3)14(19)16(10(2)18)12-6-4-11(5-7-12)8-22-16/h4-7,13H,8H2,1-3H3. The Balaban J connectivity index is 2.58. The Morgan fingerprint density at radius 3 is 2.18 bits per heavy atom. The Labute approximate surface area is 127 Å². The average molecular weight is 304 g/mol. The van der Waals surface area contributed by atoms with Crippen LogP contribution in [-0.2, 0) is 40.9 Å². The van der Waals surface area contributed by atoms with Crippen LogP contribution < -0.4 is 0 Å². The molecule has 6 nitrogen and oxygen atoms in total. The van der Waals surface area contributed by atoms with E-state index in [4.69, 9.17) is 4.74 Å². The van der Waals surface area contributed by atoms with Crippen LogP contribution in [0.2, 0.25) is 0 Å². The van der Waals surface area contributed by atoms with Gasteiger partial charge in [0.25, 0.3) is 0 Å². The molecule has 1 aromatic carbocycles. The lowest BCUT2D eigenvalue weighted by Crippen LogP contribution is -2.51. The number of esters is 1. The second kappa shape index (κ2) is 5.81. The van der Waals surface area contributed by atoms with E-state index in [1.54, 1.807) is 24.3 Å². The van der Waals surface area contributed by atoms with Crippen molar-refractivity contribution in [3.8, 4) is 0 Å². The van der Waals surface area contributed by atoms with E-state index in [1.165, 1.54) is 6.92 Å². The summed E-state index contributed by atoms with van der Waals surface area (Å²) in [5.74, 6) is -4.87. The molecule has 0 spiro atoms. The Bertz CT molecular complexity index is 645. The van der Waals surface area contributed by atoms with Crippen molar-refractivity contribution >= 4 is 23.3 Å². The summed E-state index contributed by atoms with van der Waals surface area (Å²) in [6, 6.07) is 6.65. The van der Waals surface area contributed by atoms with E-state index in [9.17, 15) is 19.2 Å². The molecule has 3 rings (SSSR count). The number of hydrogen-bond donors (Lipinski definition) is 0. The van der Waals surface area contributed by atoms with Gasteiger partial charge in [-0.2, -0.15) is 0 Å². The fourth-order valence-corrected chi connectivity index (χ4v) is 2.58. The molecule has 0 radical (unpaired) electrons. The van der Waals surface area contributed by atoms with Gasteiger partial charge in [-0.1, -0.05) is 24.3 Å². The number of ketones is 3. The minimum atomic E-state index is -1.96. The van der Waals surface area contributed by atoms with Crippen molar-refractivity contribution in [1.29, 1.82) is 0 Å². The molecule has 2 heterocycles. The van der Waals surface area contributed by atoms with Gasteiger partial charge in [0.05, 0.1) is 13.7 Å². The zero-order chi connectivity index (χ0) is 16.5. The first-order valence-corrected chi connectivity index (χ1v) is 6.71. The third kappa shape index (κ3) is 2.35. The van der Waals surface area contributed by atoms with Gasteiger partial charge in [-0.3, -0.25) is 19.2 Å². The molecule has 2 aliphatic rings. The zero-order valence-corrected chi connectivity index (χ0v) is 12.5. The van der Waals surface area contributed by atoms with Crippen LogP contribution >= 0.6 is 0 Å². The molecule has 0 aromatic heterocycles. The Morgan fingerprint density at radius 2 is 1.73 bits per heavy atom. The molecule has 6 heteroatoms. The predicted octanol–water partition coefficient (Wildman–Crippen LogP) is 0.948. The molecule has 0 fully saturated rings. The van der Waals surface area contributed by atoms with Crippen LogP contribution in [0.15, 0.2) is 24.3 Å². The minimum Gasteiger partial charge on any atom is -0.468 e. The summed E-state index contributed by atoms with van der Waals surface area (Å²) in [6.07, 6.45) is 0. The van der Waals surface area contributed by atoms with E-state index in [0.717, 1.165) is 19.6 Å². The highest BCUT2D eigenvalue weighted by Crippen LogP contribution is 2.35. The van der Waals surface area contributed by atoms with E-state index < -0.39 is 34.8 Å². The summed E-state index contributed by atoms with van der Waals surface area (Å²) in [5.41, 5.74) is -0.867. The number of methoxy groups -OCH3 is 1. The van der Waals surface area contributed by atoms with Crippen LogP contribution in [0.3, 0.4) is 0 Å². The van der Waals surface area contributed by atoms with Crippen LogP contribution in [0.4, 0.5) is 0 Å². The van der Waals surface area contributed by atoms with Gasteiger partial charge in [0.1, 0.15) is 0 Å². The number of carbonyl (C=O) groups is 4. The smallest absolute Gasteiger partial charge is 0.323 e. The Hall–Kier alpha value is -2.34. The van der Waals surface area contributed by atoms with Gasteiger partial charge in [-0.15, -0.1) is 0 Å². The molecular formula is C16H16O6. The van der Waals surface area contributed by atoms with Crippen molar-refractivity contribution in [2.75, 3.05) is 7.11 Å². The molecule has 2 unspecified atom stereocenters. The average Bonchev–Trinajstić information content (AvgIpc) is 2.77. The predicted molar refractivity (Wildman–Crippen MR) is 74.8 cm³/mol. The summed E-state index contributed by atoms with van der Waals surface area (Å²) in [5, 5.41) is 0. The number of benzene rings is 1. The SMILES string of the molecule is COC(=O)C(C(C)=O)C(=O)C1(C(C)=O)OCc2ccc1cc2. The first-order valence-electron chi connectivity index (χ1n) is 6.71. The van der Waals surface area contributed by atoms with E-state index in [1.807, 2.05) is 0 Å². The fraction of sp³-hybridized carbons (Fsp3) is 0.375. The highest BCUT2D eigenvalue weighted by atomic mass is 16.5. The first kappa shape index (κ1) is 16.0.